The second-order valence-corrected chi connectivity index (χ2v) is 8.05. The lowest BCUT2D eigenvalue weighted by atomic mass is 9.77. The summed E-state index contributed by atoms with van der Waals surface area (Å²) in [5.41, 5.74) is -1.12. The largest absolute Gasteiger partial charge is 0.458 e. The van der Waals surface area contributed by atoms with Crippen LogP contribution in [0.3, 0.4) is 0 Å². The summed E-state index contributed by atoms with van der Waals surface area (Å²) < 4.78 is 16.5. The van der Waals surface area contributed by atoms with Gasteiger partial charge in [-0.2, -0.15) is 0 Å². The van der Waals surface area contributed by atoms with Gasteiger partial charge in [-0.25, -0.2) is 9.59 Å². The van der Waals surface area contributed by atoms with Gasteiger partial charge < -0.3 is 14.2 Å². The summed E-state index contributed by atoms with van der Waals surface area (Å²) in [5.74, 6) is -2.61. The Balaban J connectivity index is 2.49. The van der Waals surface area contributed by atoms with Crippen molar-refractivity contribution in [2.45, 2.75) is 71.2 Å². The van der Waals surface area contributed by atoms with Crippen LogP contribution in [0.15, 0.2) is 24.3 Å². The average Bonchev–Trinajstić information content (AvgIpc) is 2.84. The van der Waals surface area contributed by atoms with Crippen LogP contribution < -0.4 is 0 Å². The third-order valence-electron chi connectivity index (χ3n) is 5.38. The average molecular weight is 392 g/mol. The van der Waals surface area contributed by atoms with Crippen LogP contribution in [0.5, 0.6) is 0 Å². The molecule has 0 aromatic rings. The molecular formula is C21H28O7. The predicted octanol–water partition coefficient (Wildman–Crippen LogP) is 2.67. The Hall–Kier alpha value is -2.44. The Kier molecular flexibility index (Phi) is 6.47. The Morgan fingerprint density at radius 1 is 1.25 bits per heavy atom. The quantitative estimate of drug-likeness (QED) is 0.414. The van der Waals surface area contributed by atoms with Gasteiger partial charge in [0.1, 0.15) is 12.2 Å². The summed E-state index contributed by atoms with van der Waals surface area (Å²) in [6.45, 7) is 13.6. The number of hydrogen-bond acceptors (Lipinski definition) is 7. The highest BCUT2D eigenvalue weighted by Crippen LogP contribution is 2.40. The molecule has 2 aliphatic rings. The fraction of sp³-hybridized carbons (Fsp3) is 0.619. The van der Waals surface area contributed by atoms with Crippen LogP contribution in [0, 0.1) is 11.8 Å². The second-order valence-electron chi connectivity index (χ2n) is 8.05. The first-order valence-electron chi connectivity index (χ1n) is 9.43. The number of Topliss-reactive ketones (excluding diaryl/α,β-unsaturated/α-hetero) is 1. The van der Waals surface area contributed by atoms with Crippen molar-refractivity contribution in [2.75, 3.05) is 0 Å². The molecular weight excluding hydrogens is 364 g/mol. The Morgan fingerprint density at radius 3 is 2.46 bits per heavy atom. The van der Waals surface area contributed by atoms with Crippen LogP contribution in [0.1, 0.15) is 53.4 Å². The van der Waals surface area contributed by atoms with Crippen LogP contribution in [-0.2, 0) is 33.4 Å². The van der Waals surface area contributed by atoms with E-state index in [9.17, 15) is 19.2 Å². The SMILES string of the molecule is C=C(C)C(=O)O[C@H]1C[C@@](C)(OC(C)=O)C(=O)CCC(C)C[C@H]2OC(=O)C(=C)[C@@H]12. The maximum Gasteiger partial charge on any atom is 0.334 e. The number of carbonyl (C=O) groups is 4. The van der Waals surface area contributed by atoms with Crippen LogP contribution in [0.25, 0.3) is 0 Å². The maximum atomic E-state index is 12.9. The minimum Gasteiger partial charge on any atom is -0.458 e. The molecule has 28 heavy (non-hydrogen) atoms. The lowest BCUT2D eigenvalue weighted by molar-refractivity contribution is -0.172. The number of ketones is 1. The van der Waals surface area contributed by atoms with Crippen LogP contribution in [0.4, 0.5) is 0 Å². The fourth-order valence-electron chi connectivity index (χ4n) is 3.86. The first-order valence-corrected chi connectivity index (χ1v) is 9.43. The van der Waals surface area contributed by atoms with Crippen molar-refractivity contribution in [1.82, 2.24) is 0 Å². The van der Waals surface area contributed by atoms with Crippen molar-refractivity contribution < 1.29 is 33.4 Å². The molecule has 7 heteroatoms. The molecule has 0 aromatic heterocycles. The van der Waals surface area contributed by atoms with Gasteiger partial charge in [-0.3, -0.25) is 9.59 Å². The van der Waals surface area contributed by atoms with Gasteiger partial charge in [-0.05, 0) is 32.6 Å². The zero-order chi connectivity index (χ0) is 21.2. The Bertz CT molecular complexity index is 722. The third kappa shape index (κ3) is 4.69. The molecule has 1 unspecified atom stereocenters. The van der Waals surface area contributed by atoms with Crippen molar-refractivity contribution in [3.8, 4) is 0 Å². The minimum atomic E-state index is -1.49. The molecule has 0 spiro atoms. The molecule has 2 rings (SSSR count). The van der Waals surface area contributed by atoms with Crippen LogP contribution in [-0.4, -0.2) is 41.5 Å². The highest BCUT2D eigenvalue weighted by molar-refractivity contribution is 5.92. The summed E-state index contributed by atoms with van der Waals surface area (Å²) in [6, 6.07) is 0. The minimum absolute atomic E-state index is 0.0762. The summed E-state index contributed by atoms with van der Waals surface area (Å²) in [6.07, 6.45) is -0.235. The lowest BCUT2D eigenvalue weighted by Gasteiger charge is -2.36. The third-order valence-corrected chi connectivity index (χ3v) is 5.38. The molecule has 5 atom stereocenters. The molecule has 1 aliphatic heterocycles. The number of esters is 3. The van der Waals surface area contributed by atoms with Crippen molar-refractivity contribution in [3.05, 3.63) is 24.3 Å². The van der Waals surface area contributed by atoms with Crippen molar-refractivity contribution in [2.24, 2.45) is 11.8 Å². The monoisotopic (exact) mass is 392 g/mol. The summed E-state index contributed by atoms with van der Waals surface area (Å²) >= 11 is 0. The smallest absolute Gasteiger partial charge is 0.334 e. The van der Waals surface area contributed by atoms with E-state index in [0.717, 1.165) is 0 Å². The predicted molar refractivity (Wildman–Crippen MR) is 100 cm³/mol. The van der Waals surface area contributed by atoms with E-state index in [1.807, 2.05) is 6.92 Å². The molecule has 0 amide bonds. The van der Waals surface area contributed by atoms with Gasteiger partial charge >= 0.3 is 17.9 Å². The van der Waals surface area contributed by atoms with Crippen LogP contribution >= 0.6 is 0 Å². The van der Waals surface area contributed by atoms with Gasteiger partial charge in [-0.15, -0.1) is 0 Å². The van der Waals surface area contributed by atoms with E-state index in [2.05, 4.69) is 13.2 Å². The van der Waals surface area contributed by atoms with Gasteiger partial charge in [0.15, 0.2) is 11.4 Å². The number of ether oxygens (including phenoxy) is 3. The van der Waals surface area contributed by atoms with Gasteiger partial charge in [-0.1, -0.05) is 20.1 Å². The number of rotatable bonds is 3. The van der Waals surface area contributed by atoms with E-state index in [4.69, 9.17) is 14.2 Å². The van der Waals surface area contributed by atoms with Crippen molar-refractivity contribution in [1.29, 1.82) is 0 Å². The number of hydrogen-bond donors (Lipinski definition) is 0. The van der Waals surface area contributed by atoms with E-state index in [-0.39, 0.29) is 35.7 Å². The zero-order valence-corrected chi connectivity index (χ0v) is 16.9. The number of carbonyl (C=O) groups excluding carboxylic acids is 4. The Morgan fingerprint density at radius 2 is 1.89 bits per heavy atom. The molecule has 1 saturated heterocycles. The molecule has 154 valence electrons. The molecule has 7 nitrogen and oxygen atoms in total. The standard InChI is InChI=1S/C21H28O7/c1-11(2)19(24)27-16-10-21(6,28-14(5)22)17(23)8-7-12(3)9-15-18(16)13(4)20(25)26-15/h12,15-16,18H,1,4,7-10H2,2-3,5-6H3/t12?,15-,16+,18-,21-/m1/s1. The second kappa shape index (κ2) is 8.29. The zero-order valence-electron chi connectivity index (χ0n) is 16.9. The highest BCUT2D eigenvalue weighted by atomic mass is 16.6. The van der Waals surface area contributed by atoms with E-state index in [0.29, 0.717) is 12.8 Å². The normalized spacial score (nSPS) is 33.5. The van der Waals surface area contributed by atoms with Crippen molar-refractivity contribution >= 4 is 23.7 Å². The molecule has 0 aromatic carbocycles. The molecule has 0 radical (unpaired) electrons. The molecule has 0 bridgehead atoms. The molecule has 2 fully saturated rings. The van der Waals surface area contributed by atoms with Gasteiger partial charge in [0, 0.05) is 30.9 Å². The Labute approximate surface area is 165 Å². The molecule has 1 aliphatic carbocycles. The summed E-state index contributed by atoms with van der Waals surface area (Å²) in [5, 5.41) is 0. The van der Waals surface area contributed by atoms with E-state index in [1.165, 1.54) is 20.8 Å². The van der Waals surface area contributed by atoms with Gasteiger partial charge in [0.2, 0.25) is 0 Å². The highest BCUT2D eigenvalue weighted by Gasteiger charge is 2.50. The molecule has 1 heterocycles. The van der Waals surface area contributed by atoms with Gasteiger partial charge in [0.05, 0.1) is 5.92 Å². The summed E-state index contributed by atoms with van der Waals surface area (Å²) in [4.78, 5) is 49.0. The first-order chi connectivity index (χ1) is 12.9. The fourth-order valence-corrected chi connectivity index (χ4v) is 3.86. The first kappa shape index (κ1) is 21.9. The van der Waals surface area contributed by atoms with Crippen molar-refractivity contribution in [3.63, 3.8) is 0 Å². The van der Waals surface area contributed by atoms with E-state index >= 15 is 0 Å². The maximum absolute atomic E-state index is 12.9. The van der Waals surface area contributed by atoms with E-state index < -0.39 is 41.6 Å². The van der Waals surface area contributed by atoms with Gasteiger partial charge in [0.25, 0.3) is 0 Å². The lowest BCUT2D eigenvalue weighted by Crippen LogP contribution is -2.48. The molecule has 0 N–H and O–H groups in total. The summed E-state index contributed by atoms with van der Waals surface area (Å²) in [7, 11) is 0. The topological polar surface area (TPSA) is 96.0 Å². The van der Waals surface area contributed by atoms with E-state index in [1.54, 1.807) is 0 Å². The number of fused-ring (bicyclic) bond motifs is 1. The van der Waals surface area contributed by atoms with Crippen LogP contribution in [0.2, 0.25) is 0 Å². The molecule has 1 saturated carbocycles.